The van der Waals surface area contributed by atoms with Crippen molar-refractivity contribution in [3.05, 3.63) is 78.6 Å². The highest BCUT2D eigenvalue weighted by Gasteiger charge is 2.50. The average Bonchev–Trinajstić information content (AvgIpc) is 3.75. The minimum absolute atomic E-state index is 0.0334. The second-order valence-electron chi connectivity index (χ2n) is 13.8. The maximum Gasteiger partial charge on any atom is 0.459 e. The average molecular weight is 779 g/mol. The van der Waals surface area contributed by atoms with Crippen molar-refractivity contribution in [2.45, 2.75) is 114 Å². The number of fused-ring (bicyclic) bond motifs is 1. The zero-order valence-electron chi connectivity index (χ0n) is 31.4. The fraction of sp³-hybridized carbons (Fsp3) is 0.500. The second-order valence-corrected chi connectivity index (χ2v) is 15.5. The van der Waals surface area contributed by atoms with Gasteiger partial charge in [-0.25, -0.2) is 9.55 Å². The molecule has 1 saturated heterocycles. The maximum atomic E-state index is 14.7. The van der Waals surface area contributed by atoms with Crippen LogP contribution < -0.4 is 15.3 Å². The van der Waals surface area contributed by atoms with E-state index in [1.165, 1.54) is 55.8 Å². The summed E-state index contributed by atoms with van der Waals surface area (Å²) in [5.74, 6) is 1.85. The van der Waals surface area contributed by atoms with Gasteiger partial charge in [-0.1, -0.05) is 126 Å². The van der Waals surface area contributed by atoms with E-state index in [4.69, 9.17) is 30.7 Å². The van der Waals surface area contributed by atoms with Crippen LogP contribution in [0.1, 0.15) is 95.8 Å². The Morgan fingerprint density at radius 2 is 1.69 bits per heavy atom. The molecule has 1 aliphatic rings. The van der Waals surface area contributed by atoms with E-state index in [9.17, 15) is 18.9 Å². The van der Waals surface area contributed by atoms with Crippen LogP contribution in [0.25, 0.3) is 11.2 Å². The molecule has 5 atom stereocenters. The Labute approximate surface area is 322 Å². The van der Waals surface area contributed by atoms with Crippen LogP contribution in [0.2, 0.25) is 0 Å². The van der Waals surface area contributed by atoms with Crippen molar-refractivity contribution in [3.8, 4) is 18.1 Å². The Balaban J connectivity index is 1.26. The van der Waals surface area contributed by atoms with E-state index in [0.29, 0.717) is 6.42 Å². The Bertz CT molecular complexity index is 1900. The molecule has 3 heterocycles. The van der Waals surface area contributed by atoms with Crippen molar-refractivity contribution >= 4 is 30.7 Å². The highest BCUT2D eigenvalue weighted by atomic mass is 31.2. The number of rotatable bonds is 23. The van der Waals surface area contributed by atoms with E-state index >= 15 is 0 Å². The van der Waals surface area contributed by atoms with Crippen LogP contribution in [0, 0.1) is 18.4 Å². The molecule has 15 heteroatoms. The van der Waals surface area contributed by atoms with E-state index in [1.54, 1.807) is 30.3 Å². The van der Waals surface area contributed by atoms with Crippen LogP contribution >= 0.6 is 7.75 Å². The molecule has 1 aliphatic heterocycles. The Hall–Kier alpha value is -4.38. The molecule has 296 valence electrons. The summed E-state index contributed by atoms with van der Waals surface area (Å²) in [5, 5.41) is 14.1. The monoisotopic (exact) mass is 778 g/mol. The number of aromatic nitrogens is 4. The molecule has 0 unspecified atom stereocenters. The minimum Gasteiger partial charge on any atom is -0.465 e. The maximum absolute atomic E-state index is 14.7. The number of ether oxygens (including phenoxy) is 2. The number of aliphatic hydroxyl groups is 1. The number of terminal acetylenes is 1. The van der Waals surface area contributed by atoms with Gasteiger partial charge in [0.25, 0.3) is 0 Å². The van der Waals surface area contributed by atoms with E-state index in [0.717, 1.165) is 24.8 Å². The number of halogens is 1. The van der Waals surface area contributed by atoms with Crippen molar-refractivity contribution in [2.24, 2.45) is 0 Å². The van der Waals surface area contributed by atoms with E-state index in [2.05, 4.69) is 32.9 Å². The molecule has 4 aromatic rings. The highest BCUT2D eigenvalue weighted by Crippen LogP contribution is 2.48. The first kappa shape index (κ1) is 41.8. The van der Waals surface area contributed by atoms with Gasteiger partial charge in [0.1, 0.15) is 30.7 Å². The molecule has 4 N–H and O–H groups in total. The summed E-state index contributed by atoms with van der Waals surface area (Å²) in [5.41, 5.74) is 4.93. The lowest BCUT2D eigenvalue weighted by molar-refractivity contribution is -0.146. The van der Waals surface area contributed by atoms with Gasteiger partial charge in [0.15, 0.2) is 22.6 Å². The number of nitrogens with two attached hydrogens (primary N) is 1. The highest BCUT2D eigenvalue weighted by molar-refractivity contribution is 7.52. The van der Waals surface area contributed by atoms with Gasteiger partial charge in [-0.15, -0.1) is 6.42 Å². The van der Waals surface area contributed by atoms with E-state index < -0.39 is 50.4 Å². The quantitative estimate of drug-likeness (QED) is 0.0223. The largest absolute Gasteiger partial charge is 0.465 e. The number of carbonyl (C=O) groups excluding carboxylic acids is 1. The van der Waals surface area contributed by atoms with Crippen molar-refractivity contribution < 1.29 is 37.4 Å². The molecule has 1 fully saturated rings. The van der Waals surface area contributed by atoms with Gasteiger partial charge in [-0.3, -0.25) is 13.9 Å². The summed E-state index contributed by atoms with van der Waals surface area (Å²) in [6, 6.07) is 16.4. The standard InChI is InChI=1S/C40H52FN6O7P/c1-3-5-6-7-8-9-10-11-12-13-20-25-51-38(49)32(26-30-21-16-14-17-22-30)46-55(50,54-31-23-18-15-19-24-31)52-28-40(4-2)33(48)27-34(53-40)47-29-43-35-36(42)44-39(41)45-37(35)47/h2,14-19,21-24,29,32-34,48H,3,5-13,20,25-28H2,1H3,(H,46,50)(H2,42,44,45)/t32-,33-,34+,40+,55+/m0/s1. The Morgan fingerprint density at radius 1 is 1.05 bits per heavy atom. The number of benzene rings is 2. The van der Waals surface area contributed by atoms with E-state index in [1.807, 2.05) is 30.3 Å². The van der Waals surface area contributed by atoms with Gasteiger partial charge in [0, 0.05) is 6.42 Å². The number of carbonyl (C=O) groups is 1. The van der Waals surface area contributed by atoms with Gasteiger partial charge in [-0.05, 0) is 30.5 Å². The van der Waals surface area contributed by atoms with Gasteiger partial charge >= 0.3 is 19.8 Å². The molecule has 2 aromatic carbocycles. The predicted octanol–water partition coefficient (Wildman–Crippen LogP) is 7.46. The molecule has 0 bridgehead atoms. The number of anilines is 1. The molecule has 55 heavy (non-hydrogen) atoms. The lowest BCUT2D eigenvalue weighted by atomic mass is 9.99. The zero-order valence-corrected chi connectivity index (χ0v) is 32.2. The number of aliphatic hydroxyl groups excluding tert-OH is 1. The number of hydrogen-bond donors (Lipinski definition) is 3. The van der Waals surface area contributed by atoms with E-state index in [-0.39, 0.29) is 42.2 Å². The first-order valence-corrected chi connectivity index (χ1v) is 20.7. The first-order valence-electron chi connectivity index (χ1n) is 19.1. The summed E-state index contributed by atoms with van der Waals surface area (Å²) >= 11 is 0. The topological polar surface area (TPSA) is 173 Å². The molecule has 2 aromatic heterocycles. The number of hydrogen-bond acceptors (Lipinski definition) is 11. The number of para-hydroxylation sites is 1. The van der Waals surface area contributed by atoms with Crippen molar-refractivity contribution in [2.75, 3.05) is 18.9 Å². The van der Waals surface area contributed by atoms with Gasteiger partial charge in [0.2, 0.25) is 0 Å². The lowest BCUT2D eigenvalue weighted by Gasteiger charge is -2.30. The number of nitrogens with zero attached hydrogens (tertiary/aromatic N) is 4. The molecule has 0 radical (unpaired) electrons. The summed E-state index contributed by atoms with van der Waals surface area (Å²) in [6.45, 7) is 1.81. The molecular weight excluding hydrogens is 726 g/mol. The van der Waals surface area contributed by atoms with Gasteiger partial charge in [0.05, 0.1) is 12.9 Å². The molecule has 0 spiro atoms. The van der Waals surface area contributed by atoms with Crippen LogP contribution in [0.3, 0.4) is 0 Å². The Kier molecular flexibility index (Phi) is 15.6. The fourth-order valence-corrected chi connectivity index (χ4v) is 8.02. The third-order valence-corrected chi connectivity index (χ3v) is 11.1. The number of nitrogen functional groups attached to an aromatic ring is 1. The Morgan fingerprint density at radius 3 is 2.35 bits per heavy atom. The van der Waals surface area contributed by atoms with Crippen LogP contribution in [0.4, 0.5) is 10.2 Å². The second kappa shape index (κ2) is 20.5. The third kappa shape index (κ3) is 11.8. The van der Waals surface area contributed by atoms with Crippen LogP contribution in [-0.4, -0.2) is 61.6 Å². The number of nitrogens with one attached hydrogen (secondary N) is 1. The summed E-state index contributed by atoms with van der Waals surface area (Å²) in [6.07, 6.45) is 16.7. The fourth-order valence-electron chi connectivity index (χ4n) is 6.50. The van der Waals surface area contributed by atoms with Crippen LogP contribution in [0.15, 0.2) is 67.0 Å². The SMILES string of the molecule is C#C[C@]1(CO[P@](=O)(N[C@@H](Cc2ccccc2)C(=O)OCCCCCCCCCCCCC)Oc2ccccc2)O[C@@H](n2cnc3c(N)nc(F)nc32)C[C@@H]1O. The van der Waals surface area contributed by atoms with Crippen molar-refractivity contribution in [1.29, 1.82) is 0 Å². The van der Waals surface area contributed by atoms with Crippen LogP contribution in [-0.2, 0) is 29.8 Å². The first-order chi connectivity index (χ1) is 26.6. The molecule has 0 saturated carbocycles. The third-order valence-electron chi connectivity index (χ3n) is 9.58. The lowest BCUT2D eigenvalue weighted by Crippen LogP contribution is -2.44. The predicted molar refractivity (Wildman–Crippen MR) is 207 cm³/mol. The van der Waals surface area contributed by atoms with Crippen molar-refractivity contribution in [1.82, 2.24) is 24.6 Å². The van der Waals surface area contributed by atoms with Crippen LogP contribution in [0.5, 0.6) is 5.75 Å². The number of unbranched alkanes of at least 4 members (excludes halogenated alkanes) is 10. The normalized spacial score (nSPS) is 19.8. The van der Waals surface area contributed by atoms with Crippen molar-refractivity contribution in [3.63, 3.8) is 0 Å². The smallest absolute Gasteiger partial charge is 0.459 e. The molecule has 13 nitrogen and oxygen atoms in total. The molecule has 0 aliphatic carbocycles. The zero-order chi connectivity index (χ0) is 39.1. The summed E-state index contributed by atoms with van der Waals surface area (Å²) < 4.78 is 53.9. The summed E-state index contributed by atoms with van der Waals surface area (Å²) in [7, 11) is -4.47. The number of imidazole rings is 1. The molecule has 0 amide bonds. The summed E-state index contributed by atoms with van der Waals surface area (Å²) in [4.78, 5) is 25.1. The molecular formula is C40H52FN6O7P. The number of esters is 1. The van der Waals surface area contributed by atoms with Gasteiger partial charge < -0.3 is 24.8 Å². The van der Waals surface area contributed by atoms with Gasteiger partial charge in [-0.2, -0.15) is 19.4 Å². The molecule has 5 rings (SSSR count). The minimum atomic E-state index is -4.47.